The average Bonchev–Trinajstić information content (AvgIpc) is 3.04. The first-order valence-corrected chi connectivity index (χ1v) is 5.70. The molecule has 9 nitrogen and oxygen atoms in total. The molecule has 0 spiro atoms. The Morgan fingerprint density at radius 3 is 3.00 bits per heavy atom. The molecule has 1 N–H and O–H groups in total. The number of fused-ring (bicyclic) bond motifs is 1. The van der Waals surface area contributed by atoms with Crippen molar-refractivity contribution in [1.82, 2.24) is 29.6 Å². The topological polar surface area (TPSA) is 107 Å². The predicted molar refractivity (Wildman–Crippen MR) is 66.8 cm³/mol. The first-order chi connectivity index (χ1) is 9.61. The van der Waals surface area contributed by atoms with Crippen molar-refractivity contribution < 1.29 is 9.53 Å². The van der Waals surface area contributed by atoms with Crippen LogP contribution in [0.25, 0.3) is 11.5 Å². The Labute approximate surface area is 111 Å². The maximum atomic E-state index is 11.9. The molecule has 0 radical (unpaired) electrons. The summed E-state index contributed by atoms with van der Waals surface area (Å²) in [6, 6.07) is 3.35. The smallest absolute Gasteiger partial charge is 0.360 e. The second-order valence-corrected chi connectivity index (χ2v) is 4.04. The summed E-state index contributed by atoms with van der Waals surface area (Å²) in [6.07, 6.45) is 1.64. The van der Waals surface area contributed by atoms with Gasteiger partial charge in [-0.05, 0) is 19.1 Å². The van der Waals surface area contributed by atoms with Crippen molar-refractivity contribution in [3.8, 4) is 5.95 Å². The average molecular weight is 274 g/mol. The van der Waals surface area contributed by atoms with E-state index in [1.54, 1.807) is 25.3 Å². The van der Waals surface area contributed by atoms with Gasteiger partial charge in [0.05, 0.1) is 12.8 Å². The van der Waals surface area contributed by atoms with Crippen molar-refractivity contribution in [2.75, 3.05) is 7.11 Å². The fraction of sp³-hybridized carbons (Fsp3) is 0.182. The zero-order chi connectivity index (χ0) is 14.3. The molecule has 0 aliphatic heterocycles. The molecule has 0 fully saturated rings. The maximum absolute atomic E-state index is 11.9. The Kier molecular flexibility index (Phi) is 2.60. The number of methoxy groups -OCH3 is 1. The third kappa shape index (κ3) is 1.67. The zero-order valence-electron chi connectivity index (χ0n) is 10.7. The molecule has 0 aromatic carbocycles. The number of aromatic amines is 1. The second kappa shape index (κ2) is 4.30. The number of hydrogen-bond acceptors (Lipinski definition) is 6. The van der Waals surface area contributed by atoms with E-state index in [2.05, 4.69) is 25.1 Å². The minimum absolute atomic E-state index is 0.0720. The number of carbonyl (C=O) groups is 1. The van der Waals surface area contributed by atoms with Gasteiger partial charge in [0.1, 0.15) is 5.52 Å². The van der Waals surface area contributed by atoms with Gasteiger partial charge in [-0.25, -0.2) is 9.31 Å². The normalized spacial score (nSPS) is 10.9. The molecule has 3 aromatic heterocycles. The van der Waals surface area contributed by atoms with Crippen LogP contribution in [0, 0.1) is 6.92 Å². The highest BCUT2D eigenvalue weighted by Gasteiger charge is 2.19. The number of esters is 1. The number of nitrogens with zero attached hydrogens (tertiary/aromatic N) is 5. The lowest BCUT2D eigenvalue weighted by atomic mass is 10.3. The van der Waals surface area contributed by atoms with Crippen LogP contribution in [-0.4, -0.2) is 42.7 Å². The second-order valence-electron chi connectivity index (χ2n) is 4.04. The van der Waals surface area contributed by atoms with Crippen molar-refractivity contribution >= 4 is 11.5 Å². The van der Waals surface area contributed by atoms with Crippen molar-refractivity contribution in [1.29, 1.82) is 0 Å². The molecular weight excluding hydrogens is 264 g/mol. The fourth-order valence-corrected chi connectivity index (χ4v) is 1.84. The Hall–Kier alpha value is -2.97. The van der Waals surface area contributed by atoms with Crippen LogP contribution in [0.15, 0.2) is 23.1 Å². The molecule has 0 atom stereocenters. The van der Waals surface area contributed by atoms with Gasteiger partial charge in [0, 0.05) is 6.20 Å². The van der Waals surface area contributed by atoms with Gasteiger partial charge in [0.2, 0.25) is 0 Å². The Morgan fingerprint density at radius 1 is 1.45 bits per heavy atom. The van der Waals surface area contributed by atoms with E-state index in [1.807, 2.05) is 0 Å². The van der Waals surface area contributed by atoms with Crippen LogP contribution in [0.2, 0.25) is 0 Å². The molecule has 0 amide bonds. The number of nitrogens with one attached hydrogen (secondary N) is 1. The van der Waals surface area contributed by atoms with E-state index in [9.17, 15) is 9.59 Å². The van der Waals surface area contributed by atoms with Crippen molar-refractivity contribution in [3.63, 3.8) is 0 Å². The molecule has 0 unspecified atom stereocenters. The Bertz CT molecular complexity index is 859. The number of carbonyl (C=O) groups excluding carboxylic acids is 1. The minimum atomic E-state index is -0.599. The molecule has 0 saturated carbocycles. The summed E-state index contributed by atoms with van der Waals surface area (Å²) in [5.41, 5.74) is 0.600. The van der Waals surface area contributed by atoms with Crippen LogP contribution < -0.4 is 5.56 Å². The highest BCUT2D eigenvalue weighted by Crippen LogP contribution is 2.08. The maximum Gasteiger partial charge on any atom is 0.360 e. The molecule has 3 aromatic rings. The summed E-state index contributed by atoms with van der Waals surface area (Å²) in [7, 11) is 1.26. The number of rotatable bonds is 2. The van der Waals surface area contributed by atoms with E-state index in [0.717, 1.165) is 0 Å². The Balaban J connectivity index is 2.18. The molecule has 3 rings (SSSR count). The number of H-pyrrole nitrogens is 1. The SMILES string of the molecule is COC(=O)c1nnn(-c2nn3cccc3c(=O)[nH]2)c1C. The summed E-state index contributed by atoms with van der Waals surface area (Å²) < 4.78 is 7.29. The third-order valence-corrected chi connectivity index (χ3v) is 2.86. The molecular formula is C11H10N6O3. The Morgan fingerprint density at radius 2 is 2.25 bits per heavy atom. The standard InChI is InChI=1S/C11H10N6O3/c1-6-8(10(19)20-2)13-15-17(6)11-12-9(18)7-4-3-5-16(7)14-11/h3-5H,1-2H3,(H,12,14,18). The van der Waals surface area contributed by atoms with E-state index >= 15 is 0 Å². The first kappa shape index (κ1) is 12.1. The van der Waals surface area contributed by atoms with Crippen LogP contribution in [0.5, 0.6) is 0 Å². The molecule has 0 bridgehead atoms. The van der Waals surface area contributed by atoms with Crippen LogP contribution in [0.3, 0.4) is 0 Å². The number of ether oxygens (including phenoxy) is 1. The van der Waals surface area contributed by atoms with Gasteiger partial charge in [-0.2, -0.15) is 4.68 Å². The lowest BCUT2D eigenvalue weighted by Crippen LogP contribution is -2.18. The summed E-state index contributed by atoms with van der Waals surface area (Å²) in [6.45, 7) is 1.63. The van der Waals surface area contributed by atoms with Crippen molar-refractivity contribution in [3.05, 3.63) is 40.1 Å². The summed E-state index contributed by atoms with van der Waals surface area (Å²) in [5, 5.41) is 11.7. The van der Waals surface area contributed by atoms with Crippen LogP contribution in [0.1, 0.15) is 16.2 Å². The van der Waals surface area contributed by atoms with Gasteiger partial charge in [-0.1, -0.05) is 5.21 Å². The largest absolute Gasteiger partial charge is 0.464 e. The van der Waals surface area contributed by atoms with Gasteiger partial charge in [-0.3, -0.25) is 9.78 Å². The fourth-order valence-electron chi connectivity index (χ4n) is 1.84. The van der Waals surface area contributed by atoms with E-state index in [-0.39, 0.29) is 17.2 Å². The number of aromatic nitrogens is 6. The summed E-state index contributed by atoms with van der Waals surface area (Å²) >= 11 is 0. The van der Waals surface area contributed by atoms with Crippen LogP contribution >= 0.6 is 0 Å². The molecule has 0 aliphatic carbocycles. The zero-order valence-corrected chi connectivity index (χ0v) is 10.7. The van der Waals surface area contributed by atoms with E-state index in [0.29, 0.717) is 11.2 Å². The lowest BCUT2D eigenvalue weighted by molar-refractivity contribution is 0.0593. The van der Waals surface area contributed by atoms with Gasteiger partial charge < -0.3 is 4.74 Å². The van der Waals surface area contributed by atoms with Crippen molar-refractivity contribution in [2.24, 2.45) is 0 Å². The molecule has 0 aliphatic rings. The quantitative estimate of drug-likeness (QED) is 0.643. The summed E-state index contributed by atoms with van der Waals surface area (Å²) in [5.74, 6) is -0.433. The first-order valence-electron chi connectivity index (χ1n) is 5.70. The van der Waals surface area contributed by atoms with Crippen LogP contribution in [0.4, 0.5) is 0 Å². The highest BCUT2D eigenvalue weighted by molar-refractivity contribution is 5.88. The molecule has 3 heterocycles. The van der Waals surface area contributed by atoms with E-state index in [1.165, 1.54) is 16.3 Å². The molecule has 102 valence electrons. The number of hydrogen-bond donors (Lipinski definition) is 1. The lowest BCUT2D eigenvalue weighted by Gasteiger charge is -2.03. The third-order valence-electron chi connectivity index (χ3n) is 2.86. The van der Waals surface area contributed by atoms with Gasteiger partial charge in [0.15, 0.2) is 5.69 Å². The van der Waals surface area contributed by atoms with Crippen molar-refractivity contribution in [2.45, 2.75) is 6.92 Å². The van der Waals surface area contributed by atoms with Gasteiger partial charge >= 0.3 is 5.97 Å². The predicted octanol–water partition coefficient (Wildman–Crippen LogP) is -0.302. The van der Waals surface area contributed by atoms with Gasteiger partial charge in [-0.15, -0.1) is 10.2 Å². The van der Waals surface area contributed by atoms with Crippen LogP contribution in [-0.2, 0) is 4.74 Å². The van der Waals surface area contributed by atoms with E-state index < -0.39 is 5.97 Å². The molecule has 20 heavy (non-hydrogen) atoms. The highest BCUT2D eigenvalue weighted by atomic mass is 16.5. The minimum Gasteiger partial charge on any atom is -0.464 e. The molecule has 9 heteroatoms. The van der Waals surface area contributed by atoms with Gasteiger partial charge in [0.25, 0.3) is 11.5 Å². The summed E-state index contributed by atoms with van der Waals surface area (Å²) in [4.78, 5) is 25.9. The molecule has 0 saturated heterocycles. The van der Waals surface area contributed by atoms with E-state index in [4.69, 9.17) is 0 Å². The monoisotopic (exact) mass is 274 g/mol.